The molecule has 32 valence electrons. The van der Waals surface area contributed by atoms with Gasteiger partial charge in [-0.15, -0.1) is 0 Å². The van der Waals surface area contributed by atoms with Crippen LogP contribution in [0.2, 0.25) is 0 Å². The molecule has 0 N–H and O–H groups in total. The van der Waals surface area contributed by atoms with Gasteiger partial charge in [-0.25, -0.2) is 0 Å². The first kappa shape index (κ1) is 10.4. The minimum Gasteiger partial charge on any atom is -0.759 e. The predicted octanol–water partition coefficient (Wildman–Crippen LogP) is -1.72. The van der Waals surface area contributed by atoms with E-state index < -0.39 is 10.4 Å². The molecule has 0 aliphatic heterocycles. The van der Waals surface area contributed by atoms with Crippen molar-refractivity contribution < 1.29 is 17.5 Å². The van der Waals surface area contributed by atoms with E-state index in [1.54, 1.807) is 0 Å². The minimum absolute atomic E-state index is 0. The molecule has 0 aromatic heterocycles. The molecule has 0 saturated heterocycles. The van der Waals surface area contributed by atoms with Gasteiger partial charge in [-0.2, -0.15) is 0 Å². The van der Waals surface area contributed by atoms with E-state index in [0.29, 0.717) is 0 Å². The zero-order valence-electron chi connectivity index (χ0n) is 2.75. The van der Waals surface area contributed by atoms with E-state index in [1.165, 1.54) is 0 Å². The maximum Gasteiger partial charge on any atom is 2.00 e. The van der Waals surface area contributed by atoms with Crippen LogP contribution in [0.25, 0.3) is 0 Å². The number of rotatable bonds is 0. The molecule has 0 aromatic rings. The fourth-order valence-electron chi connectivity index (χ4n) is 0. The Balaban J connectivity index is 0. The summed E-state index contributed by atoms with van der Waals surface area (Å²) >= 11 is 0. The van der Waals surface area contributed by atoms with Crippen molar-refractivity contribution in [2.45, 2.75) is 0 Å². The fraction of sp³-hybridized carbons (Fsp3) is 0. The van der Waals surface area contributed by atoms with E-state index in [2.05, 4.69) is 0 Å². The summed E-state index contributed by atoms with van der Waals surface area (Å²) in [7, 11) is -5.17. The number of hydrogen-bond donors (Lipinski definition) is 0. The molecular weight excluding hydrogens is 184 g/mol. The smallest absolute Gasteiger partial charge is 0.759 e. The SMILES string of the molecule is O=S(=O)([O-])[O-].[Sr+2]. The molecule has 0 fully saturated rings. The average molecular weight is 184 g/mol. The molecule has 6 heavy (non-hydrogen) atoms. The Labute approximate surface area is 72.4 Å². The van der Waals surface area contributed by atoms with Crippen LogP contribution < -0.4 is 0 Å². The van der Waals surface area contributed by atoms with Gasteiger partial charge in [0.15, 0.2) is 0 Å². The maximum atomic E-state index is 8.52. The summed E-state index contributed by atoms with van der Waals surface area (Å²) in [5.74, 6) is 0. The Morgan fingerprint density at radius 2 is 1.17 bits per heavy atom. The van der Waals surface area contributed by atoms with Crippen LogP contribution in [0.4, 0.5) is 0 Å². The molecule has 6 heteroatoms. The van der Waals surface area contributed by atoms with Crippen molar-refractivity contribution in [2.75, 3.05) is 0 Å². The van der Waals surface area contributed by atoms with Crippen LogP contribution in [0.15, 0.2) is 0 Å². The van der Waals surface area contributed by atoms with E-state index in [0.717, 1.165) is 0 Å². The third kappa shape index (κ3) is 55.5. The molecule has 0 atom stereocenters. The first-order valence-corrected chi connectivity index (χ1v) is 2.00. The molecule has 0 aliphatic carbocycles. The normalized spacial score (nSPS) is 9.67. The third-order valence-corrected chi connectivity index (χ3v) is 0. The second-order valence-corrected chi connectivity index (χ2v) is 1.22. The summed E-state index contributed by atoms with van der Waals surface area (Å²) < 4.78 is 34.1. The Morgan fingerprint density at radius 1 is 1.17 bits per heavy atom. The van der Waals surface area contributed by atoms with Gasteiger partial charge in [0.25, 0.3) is 0 Å². The topological polar surface area (TPSA) is 80.3 Å². The van der Waals surface area contributed by atoms with E-state index in [4.69, 9.17) is 17.5 Å². The summed E-state index contributed by atoms with van der Waals surface area (Å²) in [4.78, 5) is 0. The first-order chi connectivity index (χ1) is 2.00. The van der Waals surface area contributed by atoms with Gasteiger partial charge < -0.3 is 9.11 Å². The van der Waals surface area contributed by atoms with Gasteiger partial charge in [-0.1, -0.05) is 0 Å². The molecule has 0 rings (SSSR count). The quantitative estimate of drug-likeness (QED) is 0.254. The van der Waals surface area contributed by atoms with Crippen LogP contribution in [-0.4, -0.2) is 63.0 Å². The maximum absolute atomic E-state index is 8.52. The zero-order chi connectivity index (χ0) is 4.50. The van der Waals surface area contributed by atoms with Crippen LogP contribution >= 0.6 is 0 Å². The van der Waals surface area contributed by atoms with E-state index in [1.807, 2.05) is 0 Å². The van der Waals surface area contributed by atoms with Gasteiger partial charge in [0, 0.05) is 10.4 Å². The van der Waals surface area contributed by atoms with Crippen LogP contribution in [0.1, 0.15) is 0 Å². The Kier molecular flexibility index (Phi) is 5.81. The molecule has 0 amide bonds. The van der Waals surface area contributed by atoms with Crippen LogP contribution in [-0.2, 0) is 10.4 Å². The van der Waals surface area contributed by atoms with Crippen molar-refractivity contribution in [1.29, 1.82) is 0 Å². The van der Waals surface area contributed by atoms with E-state index in [-0.39, 0.29) is 45.5 Å². The molecule has 4 nitrogen and oxygen atoms in total. The van der Waals surface area contributed by atoms with Crippen molar-refractivity contribution in [3.05, 3.63) is 0 Å². The van der Waals surface area contributed by atoms with Crippen LogP contribution in [0, 0.1) is 0 Å². The molecular formula is O4SSr. The first-order valence-electron chi connectivity index (χ1n) is 0.667. The van der Waals surface area contributed by atoms with Crippen molar-refractivity contribution >= 4 is 55.9 Å². The summed E-state index contributed by atoms with van der Waals surface area (Å²) in [5.41, 5.74) is 0. The van der Waals surface area contributed by atoms with Crippen LogP contribution in [0.5, 0.6) is 0 Å². The predicted molar refractivity (Wildman–Crippen MR) is 16.2 cm³/mol. The average Bonchev–Trinajstić information content (AvgIpc) is 0.722. The molecule has 0 bridgehead atoms. The van der Waals surface area contributed by atoms with E-state index >= 15 is 0 Å². The summed E-state index contributed by atoms with van der Waals surface area (Å²) in [5, 5.41) is 0. The fourth-order valence-corrected chi connectivity index (χ4v) is 0. The third-order valence-electron chi connectivity index (χ3n) is 0. The Bertz CT molecular complexity index is 90.7. The van der Waals surface area contributed by atoms with Gasteiger partial charge in [0.05, 0.1) is 0 Å². The van der Waals surface area contributed by atoms with Crippen LogP contribution in [0.3, 0.4) is 0 Å². The second kappa shape index (κ2) is 3.36. The summed E-state index contributed by atoms with van der Waals surface area (Å²) in [6, 6.07) is 0. The largest absolute Gasteiger partial charge is 2.00 e. The standard InChI is InChI=1S/H2O4S.Sr/c1-5(2,3)4;/h(H2,1,2,3,4);/q;+2/p-2. The minimum atomic E-state index is -5.17. The molecule has 0 aromatic carbocycles. The van der Waals surface area contributed by atoms with Gasteiger partial charge in [0.2, 0.25) is 0 Å². The summed E-state index contributed by atoms with van der Waals surface area (Å²) in [6.45, 7) is 0. The van der Waals surface area contributed by atoms with Crippen molar-refractivity contribution in [2.24, 2.45) is 0 Å². The van der Waals surface area contributed by atoms with Gasteiger partial charge in [0.1, 0.15) is 0 Å². The second-order valence-electron chi connectivity index (χ2n) is 0.408. The molecule has 0 saturated carbocycles. The molecule has 0 spiro atoms. The summed E-state index contributed by atoms with van der Waals surface area (Å²) in [6.07, 6.45) is 0. The monoisotopic (exact) mass is 184 g/mol. The molecule has 0 unspecified atom stereocenters. The van der Waals surface area contributed by atoms with E-state index in [9.17, 15) is 0 Å². The van der Waals surface area contributed by atoms with Crippen molar-refractivity contribution in [3.63, 3.8) is 0 Å². The van der Waals surface area contributed by atoms with Gasteiger partial charge in [-0.05, 0) is 0 Å². The Morgan fingerprint density at radius 3 is 1.17 bits per heavy atom. The zero-order valence-corrected chi connectivity index (χ0v) is 7.04. The molecule has 0 heterocycles. The number of hydrogen-bond acceptors (Lipinski definition) is 4. The molecule has 0 radical (unpaired) electrons. The Hall–Kier alpha value is 1.35. The van der Waals surface area contributed by atoms with Crippen molar-refractivity contribution in [1.82, 2.24) is 0 Å². The van der Waals surface area contributed by atoms with Gasteiger partial charge >= 0.3 is 45.5 Å². The molecule has 0 aliphatic rings. The van der Waals surface area contributed by atoms with Crippen molar-refractivity contribution in [3.8, 4) is 0 Å². The van der Waals surface area contributed by atoms with Gasteiger partial charge in [-0.3, -0.25) is 8.42 Å².